The average Bonchev–Trinajstić information content (AvgIpc) is 3.07. The maximum atomic E-state index is 14.3. The van der Waals surface area contributed by atoms with Crippen molar-refractivity contribution in [3.8, 4) is 0 Å². The molecule has 0 radical (unpaired) electrons. The average molecular weight is 765 g/mol. The van der Waals surface area contributed by atoms with E-state index in [2.05, 4.69) is 0 Å². The van der Waals surface area contributed by atoms with Crippen LogP contribution in [0.1, 0.15) is 88.0 Å². The van der Waals surface area contributed by atoms with Gasteiger partial charge in [-0.1, -0.05) is 20.8 Å². The molecule has 3 fully saturated rings. The molecule has 312 valence electrons. The summed E-state index contributed by atoms with van der Waals surface area (Å²) in [6.07, 6.45) is -9.33. The van der Waals surface area contributed by atoms with Gasteiger partial charge in [-0.25, -0.2) is 0 Å². The molecule has 3 saturated heterocycles. The highest BCUT2D eigenvalue weighted by Crippen LogP contribution is 2.40. The summed E-state index contributed by atoms with van der Waals surface area (Å²) in [7, 11) is 7.01. The standard InChI is InChI=1S/C38H72N2O13/c1-14-27-38(9,47)31(43)23(5)40(12)18-20(2)16-36(7,46)33(53-35-29(42)26(39(10)11)15-21(3)49-35)22(4)30(25(19-41)34(45)51-27)52-28-17-37(8,48-13)32(44)24(6)50-28/h20-33,35,41-44,46-47H,14-19H2,1-13H3/t20-,21-,22+,23-,24+,25-,26+,27-,28+,29-,30+,31-,32+,33-,35?,36-,37-,38-/m1/s1. The van der Waals surface area contributed by atoms with Crippen LogP contribution in [0.3, 0.4) is 0 Å². The van der Waals surface area contributed by atoms with Gasteiger partial charge in [0.25, 0.3) is 0 Å². The van der Waals surface area contributed by atoms with Gasteiger partial charge in [0, 0.05) is 38.1 Å². The minimum atomic E-state index is -1.88. The quantitative estimate of drug-likeness (QED) is 0.190. The van der Waals surface area contributed by atoms with Crippen molar-refractivity contribution in [2.75, 3.05) is 41.4 Å². The van der Waals surface area contributed by atoms with Crippen LogP contribution in [0.15, 0.2) is 0 Å². The Balaban J connectivity index is 2.21. The monoisotopic (exact) mass is 765 g/mol. The van der Waals surface area contributed by atoms with Gasteiger partial charge in [-0.15, -0.1) is 0 Å². The minimum absolute atomic E-state index is 0.0551. The third-order valence-electron chi connectivity index (χ3n) is 12.2. The normalized spacial score (nSPS) is 48.9. The largest absolute Gasteiger partial charge is 0.459 e. The number of hydrogen-bond donors (Lipinski definition) is 6. The third-order valence-corrected chi connectivity index (χ3v) is 12.2. The molecule has 0 aromatic heterocycles. The van der Waals surface area contributed by atoms with E-state index in [-0.39, 0.29) is 37.3 Å². The molecule has 0 spiro atoms. The molecule has 15 nitrogen and oxygen atoms in total. The van der Waals surface area contributed by atoms with Gasteiger partial charge in [-0.05, 0) is 87.9 Å². The number of carbonyl (C=O) groups is 1. The molecule has 0 saturated carbocycles. The summed E-state index contributed by atoms with van der Waals surface area (Å²) in [5.41, 5.74) is -4.60. The van der Waals surface area contributed by atoms with E-state index in [1.165, 1.54) is 14.0 Å². The van der Waals surface area contributed by atoms with Crippen molar-refractivity contribution in [2.24, 2.45) is 17.8 Å². The van der Waals surface area contributed by atoms with Crippen molar-refractivity contribution in [1.82, 2.24) is 9.80 Å². The first-order chi connectivity index (χ1) is 24.4. The van der Waals surface area contributed by atoms with Crippen LogP contribution in [0.4, 0.5) is 0 Å². The Morgan fingerprint density at radius 2 is 1.58 bits per heavy atom. The van der Waals surface area contributed by atoms with Gasteiger partial charge in [0.05, 0.1) is 42.2 Å². The first-order valence-electron chi connectivity index (χ1n) is 19.3. The molecule has 6 N–H and O–H groups in total. The van der Waals surface area contributed by atoms with E-state index in [1.54, 1.807) is 41.5 Å². The number of aliphatic hydroxyl groups excluding tert-OH is 4. The lowest BCUT2D eigenvalue weighted by Gasteiger charge is -2.49. The molecule has 3 aliphatic rings. The smallest absolute Gasteiger partial charge is 0.314 e. The molecular formula is C38H72N2O13. The first kappa shape index (κ1) is 46.3. The van der Waals surface area contributed by atoms with E-state index in [1.807, 2.05) is 44.8 Å². The molecule has 3 aliphatic heterocycles. The Morgan fingerprint density at radius 1 is 0.962 bits per heavy atom. The molecule has 3 heterocycles. The molecule has 0 aliphatic carbocycles. The van der Waals surface area contributed by atoms with Gasteiger partial charge in [-0.3, -0.25) is 4.79 Å². The topological polar surface area (TPSA) is 200 Å². The summed E-state index contributed by atoms with van der Waals surface area (Å²) in [5, 5.41) is 69.1. The zero-order valence-electron chi connectivity index (χ0n) is 34.3. The summed E-state index contributed by atoms with van der Waals surface area (Å²) < 4.78 is 37.3. The van der Waals surface area contributed by atoms with Gasteiger partial charge < -0.3 is 68.9 Å². The van der Waals surface area contributed by atoms with Crippen LogP contribution < -0.4 is 0 Å². The number of likely N-dealkylation sites (N-methyl/N-ethyl adjacent to an activating group) is 2. The Labute approximate surface area is 316 Å². The highest BCUT2D eigenvalue weighted by molar-refractivity contribution is 5.73. The van der Waals surface area contributed by atoms with E-state index in [0.717, 1.165) is 0 Å². The van der Waals surface area contributed by atoms with Crippen molar-refractivity contribution in [2.45, 2.75) is 178 Å². The van der Waals surface area contributed by atoms with E-state index in [9.17, 15) is 35.4 Å². The molecule has 1 unspecified atom stereocenters. The highest BCUT2D eigenvalue weighted by atomic mass is 16.7. The summed E-state index contributed by atoms with van der Waals surface area (Å²) in [4.78, 5) is 18.1. The number of ether oxygens (including phenoxy) is 6. The van der Waals surface area contributed by atoms with Crippen LogP contribution >= 0.6 is 0 Å². The molecule has 3 rings (SSSR count). The summed E-state index contributed by atoms with van der Waals surface area (Å²) in [6.45, 7) is 15.2. The molecule has 0 aromatic rings. The summed E-state index contributed by atoms with van der Waals surface area (Å²) in [6, 6.07) is -0.898. The molecule has 18 atom stereocenters. The van der Waals surface area contributed by atoms with Crippen LogP contribution in [-0.4, -0.2) is 178 Å². The second-order valence-electron chi connectivity index (χ2n) is 17.2. The number of aliphatic hydroxyl groups is 6. The molecule has 0 bridgehead atoms. The molecular weight excluding hydrogens is 692 g/mol. The number of esters is 1. The highest BCUT2D eigenvalue weighted by Gasteiger charge is 2.53. The fourth-order valence-electron chi connectivity index (χ4n) is 8.78. The van der Waals surface area contributed by atoms with Crippen molar-refractivity contribution in [3.63, 3.8) is 0 Å². The number of cyclic esters (lactones) is 1. The Kier molecular flexibility index (Phi) is 16.2. The Hall–Kier alpha value is -1.05. The van der Waals surface area contributed by atoms with E-state index in [4.69, 9.17) is 28.4 Å². The van der Waals surface area contributed by atoms with Gasteiger partial charge in [0.1, 0.15) is 35.9 Å². The maximum Gasteiger partial charge on any atom is 0.314 e. The number of methoxy groups -OCH3 is 1. The Morgan fingerprint density at radius 3 is 2.13 bits per heavy atom. The van der Waals surface area contributed by atoms with E-state index >= 15 is 0 Å². The zero-order chi connectivity index (χ0) is 40.4. The van der Waals surface area contributed by atoms with Crippen LogP contribution in [-0.2, 0) is 33.2 Å². The van der Waals surface area contributed by atoms with E-state index in [0.29, 0.717) is 13.0 Å². The predicted octanol–water partition coefficient (Wildman–Crippen LogP) is 0.873. The fraction of sp³-hybridized carbons (Fsp3) is 0.974. The van der Waals surface area contributed by atoms with Crippen LogP contribution in [0.5, 0.6) is 0 Å². The van der Waals surface area contributed by atoms with Crippen LogP contribution in [0.2, 0.25) is 0 Å². The van der Waals surface area contributed by atoms with Crippen molar-refractivity contribution < 1.29 is 63.9 Å². The molecule has 15 heteroatoms. The van der Waals surface area contributed by atoms with Crippen molar-refractivity contribution in [3.05, 3.63) is 0 Å². The second-order valence-corrected chi connectivity index (χ2v) is 17.2. The predicted molar refractivity (Wildman–Crippen MR) is 196 cm³/mol. The molecule has 0 amide bonds. The SMILES string of the molecule is CC[C@H]1OC(=O)[C@H](CO)[C@@H](O[C@H]2C[C@@](C)(OC)[C@@H](O)[C@H](C)O2)[C@H](C)[C@@H](OC2O[C@H](C)C[C@H](N(C)C)[C@H]2O)[C@](C)(O)C[C@@H](C)CN(C)[C@H](C)[C@@H](O)[C@]1(C)O. The lowest BCUT2D eigenvalue weighted by atomic mass is 9.77. The first-order valence-corrected chi connectivity index (χ1v) is 19.3. The minimum Gasteiger partial charge on any atom is -0.459 e. The third kappa shape index (κ3) is 10.5. The number of hydrogen-bond acceptors (Lipinski definition) is 15. The summed E-state index contributed by atoms with van der Waals surface area (Å²) >= 11 is 0. The maximum absolute atomic E-state index is 14.3. The molecule has 53 heavy (non-hydrogen) atoms. The Bertz CT molecular complexity index is 1160. The second kappa shape index (κ2) is 18.5. The van der Waals surface area contributed by atoms with Crippen molar-refractivity contribution >= 4 is 5.97 Å². The van der Waals surface area contributed by atoms with Crippen LogP contribution in [0.25, 0.3) is 0 Å². The fourth-order valence-corrected chi connectivity index (χ4v) is 8.78. The number of carbonyl (C=O) groups excluding carboxylic acids is 1. The molecule has 0 aromatic carbocycles. The van der Waals surface area contributed by atoms with Gasteiger partial charge >= 0.3 is 5.97 Å². The van der Waals surface area contributed by atoms with Gasteiger partial charge in [0.15, 0.2) is 12.6 Å². The van der Waals surface area contributed by atoms with Crippen molar-refractivity contribution in [1.29, 1.82) is 0 Å². The summed E-state index contributed by atoms with van der Waals surface area (Å²) in [5.74, 6) is -3.40. The number of nitrogens with zero attached hydrogens (tertiary/aromatic N) is 2. The zero-order valence-corrected chi connectivity index (χ0v) is 34.3. The lowest BCUT2D eigenvalue weighted by molar-refractivity contribution is -0.319. The number of rotatable bonds is 8. The lowest BCUT2D eigenvalue weighted by Crippen LogP contribution is -2.61. The van der Waals surface area contributed by atoms with E-state index < -0.39 is 103 Å². The van der Waals surface area contributed by atoms with Crippen LogP contribution in [0, 0.1) is 17.8 Å². The van der Waals surface area contributed by atoms with Gasteiger partial charge in [-0.2, -0.15) is 0 Å². The van der Waals surface area contributed by atoms with Gasteiger partial charge in [0.2, 0.25) is 0 Å².